The van der Waals surface area contributed by atoms with E-state index in [0.29, 0.717) is 17.2 Å². The number of carbonyl (C=O) groups is 1. The standard InChI is InChI=1S/C19H24N4O2/c1-3-16(10-14(2)4-5-19(24)25)17-12-21-13-18(23-17)22-11-15-6-8-20-9-7-15/h3-5,10,12-13,15,20H,1-2,6-9,11H2,(H,22,23)(H,24,25)/b5-4+,16-10+. The molecule has 1 saturated heterocycles. The number of aliphatic carboxylic acids is 1. The third kappa shape index (κ3) is 6.35. The van der Waals surface area contributed by atoms with Crippen LogP contribution in [-0.2, 0) is 4.79 Å². The van der Waals surface area contributed by atoms with E-state index >= 15 is 0 Å². The molecule has 1 aliphatic rings. The summed E-state index contributed by atoms with van der Waals surface area (Å²) >= 11 is 0. The van der Waals surface area contributed by atoms with E-state index in [0.717, 1.165) is 49.9 Å². The van der Waals surface area contributed by atoms with Gasteiger partial charge in [-0.2, -0.15) is 0 Å². The Hall–Kier alpha value is -2.73. The van der Waals surface area contributed by atoms with Crippen LogP contribution in [0.15, 0.2) is 55.4 Å². The first kappa shape index (κ1) is 18.6. The van der Waals surface area contributed by atoms with Gasteiger partial charge in [-0.15, -0.1) is 0 Å². The summed E-state index contributed by atoms with van der Waals surface area (Å²) in [5, 5.41) is 15.4. The summed E-state index contributed by atoms with van der Waals surface area (Å²) in [7, 11) is 0. The Morgan fingerprint density at radius 3 is 2.80 bits per heavy atom. The van der Waals surface area contributed by atoms with Crippen molar-refractivity contribution in [2.75, 3.05) is 25.0 Å². The molecule has 6 heteroatoms. The fraction of sp³-hybridized carbons (Fsp3) is 0.316. The van der Waals surface area contributed by atoms with Gasteiger partial charge in [-0.3, -0.25) is 4.98 Å². The highest BCUT2D eigenvalue weighted by Crippen LogP contribution is 2.18. The van der Waals surface area contributed by atoms with Crippen molar-refractivity contribution in [1.29, 1.82) is 0 Å². The maximum Gasteiger partial charge on any atom is 0.328 e. The summed E-state index contributed by atoms with van der Waals surface area (Å²) < 4.78 is 0. The zero-order valence-electron chi connectivity index (χ0n) is 14.2. The largest absolute Gasteiger partial charge is 0.478 e. The van der Waals surface area contributed by atoms with Gasteiger partial charge in [-0.25, -0.2) is 9.78 Å². The normalized spacial score (nSPS) is 15.9. The monoisotopic (exact) mass is 340 g/mol. The third-order valence-electron chi connectivity index (χ3n) is 3.96. The van der Waals surface area contributed by atoms with Crippen molar-refractivity contribution in [3.05, 3.63) is 61.1 Å². The quantitative estimate of drug-likeness (QED) is 0.498. The molecule has 132 valence electrons. The van der Waals surface area contributed by atoms with Crippen molar-refractivity contribution in [1.82, 2.24) is 15.3 Å². The molecule has 1 aromatic heterocycles. The van der Waals surface area contributed by atoms with Crippen molar-refractivity contribution < 1.29 is 9.90 Å². The van der Waals surface area contributed by atoms with E-state index in [2.05, 4.69) is 33.8 Å². The Morgan fingerprint density at radius 1 is 1.36 bits per heavy atom. The number of nitrogens with one attached hydrogen (secondary N) is 2. The van der Waals surface area contributed by atoms with Crippen LogP contribution < -0.4 is 10.6 Å². The fourth-order valence-electron chi connectivity index (χ4n) is 2.59. The molecule has 6 nitrogen and oxygen atoms in total. The molecule has 0 amide bonds. The maximum atomic E-state index is 10.6. The molecular formula is C19H24N4O2. The molecule has 0 spiro atoms. The predicted molar refractivity (Wildman–Crippen MR) is 100 cm³/mol. The first-order valence-electron chi connectivity index (χ1n) is 8.29. The molecule has 1 aromatic rings. The minimum atomic E-state index is -1.02. The number of allylic oxidation sites excluding steroid dienone is 5. The number of carboxylic acids is 1. The van der Waals surface area contributed by atoms with Crippen LogP contribution in [0.1, 0.15) is 18.5 Å². The Balaban J connectivity index is 2.05. The third-order valence-corrected chi connectivity index (χ3v) is 3.96. The van der Waals surface area contributed by atoms with Crippen LogP contribution in [0.3, 0.4) is 0 Å². The van der Waals surface area contributed by atoms with E-state index in [4.69, 9.17) is 5.11 Å². The van der Waals surface area contributed by atoms with Gasteiger partial charge >= 0.3 is 5.97 Å². The van der Waals surface area contributed by atoms with E-state index in [-0.39, 0.29) is 0 Å². The zero-order chi connectivity index (χ0) is 18.1. The van der Waals surface area contributed by atoms with Crippen LogP contribution in [-0.4, -0.2) is 40.7 Å². The van der Waals surface area contributed by atoms with Gasteiger partial charge in [0.25, 0.3) is 0 Å². The number of rotatable bonds is 8. The maximum absolute atomic E-state index is 10.6. The number of nitrogens with zero attached hydrogens (tertiary/aromatic N) is 2. The topological polar surface area (TPSA) is 87.1 Å². The number of carboxylic acid groups (broad SMARTS) is 1. The van der Waals surface area contributed by atoms with E-state index < -0.39 is 5.97 Å². The molecule has 2 rings (SSSR count). The summed E-state index contributed by atoms with van der Waals surface area (Å²) in [5.41, 5.74) is 1.94. The molecule has 0 atom stereocenters. The lowest BCUT2D eigenvalue weighted by atomic mass is 9.98. The minimum absolute atomic E-state index is 0.548. The number of anilines is 1. The number of aromatic nitrogens is 2. The number of hydrogen-bond donors (Lipinski definition) is 3. The molecule has 1 fully saturated rings. The van der Waals surface area contributed by atoms with E-state index in [1.165, 1.54) is 6.08 Å². The average Bonchev–Trinajstić information content (AvgIpc) is 2.64. The van der Waals surface area contributed by atoms with Crippen LogP contribution in [0.5, 0.6) is 0 Å². The van der Waals surface area contributed by atoms with E-state index in [1.54, 1.807) is 24.5 Å². The Labute approximate surface area is 148 Å². The molecule has 3 N–H and O–H groups in total. The average molecular weight is 340 g/mol. The van der Waals surface area contributed by atoms with Gasteiger partial charge in [0, 0.05) is 18.2 Å². The lowest BCUT2D eigenvalue weighted by Gasteiger charge is -2.22. The predicted octanol–water partition coefficient (Wildman–Crippen LogP) is 2.65. The molecular weight excluding hydrogens is 316 g/mol. The smallest absolute Gasteiger partial charge is 0.328 e. The lowest BCUT2D eigenvalue weighted by Crippen LogP contribution is -2.31. The summed E-state index contributed by atoms with van der Waals surface area (Å²) in [4.78, 5) is 19.4. The summed E-state index contributed by atoms with van der Waals surface area (Å²) in [6.07, 6.45) is 11.5. The van der Waals surface area contributed by atoms with Crippen molar-refractivity contribution in [2.45, 2.75) is 12.8 Å². The molecule has 1 aliphatic heterocycles. The van der Waals surface area contributed by atoms with Gasteiger partial charge in [0.05, 0.1) is 18.1 Å². The molecule has 0 radical (unpaired) electrons. The number of piperidine rings is 1. The van der Waals surface area contributed by atoms with E-state index in [1.807, 2.05) is 0 Å². The van der Waals surface area contributed by atoms with Gasteiger partial charge in [0.2, 0.25) is 0 Å². The molecule has 0 aromatic carbocycles. The van der Waals surface area contributed by atoms with Crippen LogP contribution >= 0.6 is 0 Å². The highest BCUT2D eigenvalue weighted by atomic mass is 16.4. The second-order valence-corrected chi connectivity index (χ2v) is 5.91. The molecule has 0 saturated carbocycles. The number of hydrogen-bond acceptors (Lipinski definition) is 5. The zero-order valence-corrected chi connectivity index (χ0v) is 14.2. The summed E-state index contributed by atoms with van der Waals surface area (Å²) in [6, 6.07) is 0. The molecule has 0 bridgehead atoms. The molecule has 0 unspecified atom stereocenters. The van der Waals surface area contributed by atoms with Gasteiger partial charge in [-0.1, -0.05) is 19.2 Å². The lowest BCUT2D eigenvalue weighted by molar-refractivity contribution is -0.131. The Bertz CT molecular complexity index is 688. The van der Waals surface area contributed by atoms with Crippen molar-refractivity contribution in [3.63, 3.8) is 0 Å². The fourth-order valence-corrected chi connectivity index (χ4v) is 2.59. The molecule has 25 heavy (non-hydrogen) atoms. The SMILES string of the molecule is C=C/C(=C\C(=C)/C=C/C(=O)O)c1cncc(NCC2CCNCC2)n1. The summed E-state index contributed by atoms with van der Waals surface area (Å²) in [5.74, 6) is 0.344. The van der Waals surface area contributed by atoms with Crippen LogP contribution in [0.4, 0.5) is 5.82 Å². The van der Waals surface area contributed by atoms with Crippen molar-refractivity contribution in [3.8, 4) is 0 Å². The molecule has 2 heterocycles. The van der Waals surface area contributed by atoms with E-state index in [9.17, 15) is 4.79 Å². The summed E-state index contributed by atoms with van der Waals surface area (Å²) in [6.45, 7) is 10.6. The Kier molecular flexibility index (Phi) is 7.10. The van der Waals surface area contributed by atoms with Crippen LogP contribution in [0.2, 0.25) is 0 Å². The van der Waals surface area contributed by atoms with Crippen molar-refractivity contribution in [2.24, 2.45) is 5.92 Å². The first-order valence-corrected chi connectivity index (χ1v) is 8.29. The van der Waals surface area contributed by atoms with Gasteiger partial charge in [0.15, 0.2) is 0 Å². The van der Waals surface area contributed by atoms with Gasteiger partial charge in [0.1, 0.15) is 5.82 Å². The minimum Gasteiger partial charge on any atom is -0.478 e. The van der Waals surface area contributed by atoms with Gasteiger partial charge < -0.3 is 15.7 Å². The van der Waals surface area contributed by atoms with Crippen LogP contribution in [0, 0.1) is 5.92 Å². The second-order valence-electron chi connectivity index (χ2n) is 5.91. The van der Waals surface area contributed by atoms with Crippen LogP contribution in [0.25, 0.3) is 5.57 Å². The Morgan fingerprint density at radius 2 is 2.12 bits per heavy atom. The van der Waals surface area contributed by atoms with Gasteiger partial charge in [-0.05, 0) is 49.6 Å². The first-order chi connectivity index (χ1) is 12.1. The highest BCUT2D eigenvalue weighted by Gasteiger charge is 2.13. The second kappa shape index (κ2) is 9.54. The highest BCUT2D eigenvalue weighted by molar-refractivity contribution is 5.81. The molecule has 0 aliphatic carbocycles. The van der Waals surface area contributed by atoms with Crippen molar-refractivity contribution >= 4 is 17.4 Å².